The highest BCUT2D eigenvalue weighted by atomic mass is 19.4. The molecule has 1 heterocycles. The third kappa shape index (κ3) is 4.73. The first-order chi connectivity index (χ1) is 14.8. The van der Waals surface area contributed by atoms with Crippen molar-refractivity contribution in [2.75, 3.05) is 24.6 Å². The number of halogens is 3. The summed E-state index contributed by atoms with van der Waals surface area (Å²) in [7, 11) is 0. The molecule has 1 aliphatic heterocycles. The van der Waals surface area contributed by atoms with Gasteiger partial charge in [-0.1, -0.05) is 48.5 Å². The maximum atomic E-state index is 13.1. The Balaban J connectivity index is 1.45. The van der Waals surface area contributed by atoms with Crippen molar-refractivity contribution in [3.63, 3.8) is 0 Å². The van der Waals surface area contributed by atoms with Gasteiger partial charge in [0, 0.05) is 18.3 Å². The van der Waals surface area contributed by atoms with Crippen LogP contribution in [0, 0.1) is 0 Å². The maximum Gasteiger partial charge on any atom is 0.416 e. The number of nitrogens with zero attached hydrogens (tertiary/aromatic N) is 1. The summed E-state index contributed by atoms with van der Waals surface area (Å²) in [6.07, 6.45) is -4.79. The van der Waals surface area contributed by atoms with Gasteiger partial charge in [0.25, 0.3) is 5.91 Å². The molecular weight excluding hydrogens is 405 g/mol. The molecule has 4 nitrogen and oxygen atoms in total. The minimum absolute atomic E-state index is 0.0364. The molecule has 0 aliphatic carbocycles. The molecule has 1 N–H and O–H groups in total. The highest BCUT2D eigenvalue weighted by Crippen LogP contribution is 2.32. The Morgan fingerprint density at radius 3 is 2.65 bits per heavy atom. The van der Waals surface area contributed by atoms with Crippen LogP contribution in [0.25, 0.3) is 10.8 Å². The van der Waals surface area contributed by atoms with Gasteiger partial charge in [-0.25, -0.2) is 0 Å². The molecule has 1 aliphatic rings. The topological polar surface area (TPSA) is 41.6 Å². The molecule has 0 spiro atoms. The Morgan fingerprint density at radius 2 is 1.84 bits per heavy atom. The molecule has 4 rings (SSSR count). The number of morpholine rings is 1. The highest BCUT2D eigenvalue weighted by Gasteiger charge is 2.33. The summed E-state index contributed by atoms with van der Waals surface area (Å²) < 4.78 is 44.8. The molecule has 0 aromatic heterocycles. The molecule has 7 heteroatoms. The Morgan fingerprint density at radius 1 is 1.10 bits per heavy atom. The van der Waals surface area contributed by atoms with E-state index in [4.69, 9.17) is 4.74 Å². The number of ether oxygens (including phenoxy) is 1. The number of nitrogens with one attached hydrogen (secondary N) is 1. The molecule has 1 saturated heterocycles. The summed E-state index contributed by atoms with van der Waals surface area (Å²) in [6, 6.07) is 19.2. The molecule has 3 aromatic carbocycles. The zero-order valence-corrected chi connectivity index (χ0v) is 17.0. The van der Waals surface area contributed by atoms with Crippen LogP contribution in [0.15, 0.2) is 66.7 Å². The fourth-order valence-electron chi connectivity index (χ4n) is 3.89. The molecule has 162 valence electrons. The number of alkyl halides is 3. The van der Waals surface area contributed by atoms with E-state index in [1.165, 1.54) is 17.0 Å². The molecular formula is C24H23F3N2O2. The van der Waals surface area contributed by atoms with Crippen LogP contribution in [0.3, 0.4) is 0 Å². The lowest BCUT2D eigenvalue weighted by molar-refractivity contribution is -0.137. The minimum Gasteiger partial charge on any atom is -0.365 e. The third-order valence-electron chi connectivity index (χ3n) is 5.56. The number of anilines is 1. The number of carbonyl (C=O) groups is 1. The third-order valence-corrected chi connectivity index (χ3v) is 5.56. The van der Waals surface area contributed by atoms with Gasteiger partial charge in [0.15, 0.2) is 0 Å². The van der Waals surface area contributed by atoms with Crippen molar-refractivity contribution in [2.24, 2.45) is 0 Å². The SMILES string of the molecule is C[C@@H](NCC1CN(c2cccc(C(F)(F)F)c2)C(=O)CO1)c1cccc2ccccc12. The van der Waals surface area contributed by atoms with Crippen molar-refractivity contribution in [3.05, 3.63) is 77.9 Å². The predicted molar refractivity (Wildman–Crippen MR) is 114 cm³/mol. The molecule has 0 saturated carbocycles. The van der Waals surface area contributed by atoms with E-state index in [-0.39, 0.29) is 36.9 Å². The lowest BCUT2D eigenvalue weighted by Gasteiger charge is -2.33. The van der Waals surface area contributed by atoms with Gasteiger partial charge in [0.05, 0.1) is 18.2 Å². The number of hydrogen-bond acceptors (Lipinski definition) is 3. The lowest BCUT2D eigenvalue weighted by Crippen LogP contribution is -2.50. The molecule has 31 heavy (non-hydrogen) atoms. The normalized spacial score (nSPS) is 18.4. The van der Waals surface area contributed by atoms with Gasteiger partial charge in [0.1, 0.15) is 6.61 Å². The van der Waals surface area contributed by atoms with E-state index in [0.29, 0.717) is 6.54 Å². The van der Waals surface area contributed by atoms with Gasteiger partial charge in [-0.3, -0.25) is 4.79 Å². The van der Waals surface area contributed by atoms with Gasteiger partial charge in [-0.2, -0.15) is 13.2 Å². The quantitative estimate of drug-likeness (QED) is 0.626. The Hall–Kier alpha value is -2.90. The number of carbonyl (C=O) groups excluding carboxylic acids is 1. The zero-order chi connectivity index (χ0) is 22.0. The first-order valence-corrected chi connectivity index (χ1v) is 10.1. The molecule has 3 aromatic rings. The summed E-state index contributed by atoms with van der Waals surface area (Å²) in [6.45, 7) is 2.55. The van der Waals surface area contributed by atoms with Crippen LogP contribution in [0.5, 0.6) is 0 Å². The number of rotatable bonds is 5. The molecule has 1 amide bonds. The fourth-order valence-corrected chi connectivity index (χ4v) is 3.89. The van der Waals surface area contributed by atoms with Gasteiger partial charge >= 0.3 is 6.18 Å². The van der Waals surface area contributed by atoms with Crippen molar-refractivity contribution in [1.29, 1.82) is 0 Å². The number of hydrogen-bond donors (Lipinski definition) is 1. The van der Waals surface area contributed by atoms with Crippen LogP contribution < -0.4 is 10.2 Å². The summed E-state index contributed by atoms with van der Waals surface area (Å²) in [5.74, 6) is -0.349. The van der Waals surface area contributed by atoms with Crippen molar-refractivity contribution >= 4 is 22.4 Å². The predicted octanol–water partition coefficient (Wildman–Crippen LogP) is 4.94. The van der Waals surface area contributed by atoms with E-state index in [2.05, 4.69) is 36.5 Å². The lowest BCUT2D eigenvalue weighted by atomic mass is 9.99. The van der Waals surface area contributed by atoms with E-state index >= 15 is 0 Å². The van der Waals surface area contributed by atoms with Crippen molar-refractivity contribution in [1.82, 2.24) is 5.32 Å². The smallest absolute Gasteiger partial charge is 0.365 e. The van der Waals surface area contributed by atoms with Gasteiger partial charge in [-0.05, 0) is 41.5 Å². The Kier molecular flexibility index (Phi) is 5.98. The fraction of sp³-hybridized carbons (Fsp3) is 0.292. The monoisotopic (exact) mass is 428 g/mol. The first-order valence-electron chi connectivity index (χ1n) is 10.1. The second-order valence-corrected chi connectivity index (χ2v) is 7.68. The van der Waals surface area contributed by atoms with E-state index in [0.717, 1.165) is 28.5 Å². The average Bonchev–Trinajstić information content (AvgIpc) is 2.77. The number of amides is 1. The molecule has 0 radical (unpaired) electrons. The Labute approximate surface area is 178 Å². The standard InChI is InChI=1S/C24H23F3N2O2/c1-16(21-11-4-7-17-6-2-3-10-22(17)21)28-13-20-14-29(23(30)15-31-20)19-9-5-8-18(12-19)24(25,26)27/h2-12,16,20,28H,13-15H2,1H3/t16-,20?/m1/s1. The molecule has 2 atom stereocenters. The molecule has 0 bridgehead atoms. The van der Waals surface area contributed by atoms with Crippen molar-refractivity contribution < 1.29 is 22.7 Å². The molecule has 1 unspecified atom stereocenters. The summed E-state index contributed by atoms with van der Waals surface area (Å²) in [4.78, 5) is 13.7. The summed E-state index contributed by atoms with van der Waals surface area (Å²) >= 11 is 0. The van der Waals surface area contributed by atoms with E-state index in [9.17, 15) is 18.0 Å². The second-order valence-electron chi connectivity index (χ2n) is 7.68. The largest absolute Gasteiger partial charge is 0.416 e. The number of benzene rings is 3. The van der Waals surface area contributed by atoms with Crippen LogP contribution in [-0.2, 0) is 15.7 Å². The van der Waals surface area contributed by atoms with Crippen LogP contribution in [0.1, 0.15) is 24.1 Å². The second kappa shape index (κ2) is 8.69. The summed E-state index contributed by atoms with van der Waals surface area (Å²) in [5.41, 5.74) is 0.610. The van der Waals surface area contributed by atoms with Gasteiger partial charge < -0.3 is 15.0 Å². The number of fused-ring (bicyclic) bond motifs is 1. The van der Waals surface area contributed by atoms with E-state index in [1.807, 2.05) is 18.2 Å². The van der Waals surface area contributed by atoms with E-state index in [1.54, 1.807) is 0 Å². The Bertz CT molecular complexity index is 1080. The average molecular weight is 428 g/mol. The van der Waals surface area contributed by atoms with Crippen molar-refractivity contribution in [3.8, 4) is 0 Å². The first kappa shape index (κ1) is 21.3. The van der Waals surface area contributed by atoms with Gasteiger partial charge in [-0.15, -0.1) is 0 Å². The minimum atomic E-state index is -4.46. The van der Waals surface area contributed by atoms with Crippen LogP contribution in [-0.4, -0.2) is 31.7 Å². The maximum absolute atomic E-state index is 13.1. The van der Waals surface area contributed by atoms with Crippen LogP contribution >= 0.6 is 0 Å². The van der Waals surface area contributed by atoms with Crippen LogP contribution in [0.2, 0.25) is 0 Å². The zero-order valence-electron chi connectivity index (χ0n) is 17.0. The van der Waals surface area contributed by atoms with Crippen molar-refractivity contribution in [2.45, 2.75) is 25.2 Å². The van der Waals surface area contributed by atoms with Crippen LogP contribution in [0.4, 0.5) is 18.9 Å². The summed E-state index contributed by atoms with van der Waals surface area (Å²) in [5, 5.41) is 5.76. The molecule has 1 fully saturated rings. The van der Waals surface area contributed by atoms with E-state index < -0.39 is 11.7 Å². The van der Waals surface area contributed by atoms with Gasteiger partial charge in [0.2, 0.25) is 0 Å². The highest BCUT2D eigenvalue weighted by molar-refractivity contribution is 5.95.